The molecule has 0 aromatic carbocycles. The molecule has 1 amide bonds. The molecule has 2 heterocycles. The molecule has 0 spiro atoms. The smallest absolute Gasteiger partial charge is 0.228 e. The summed E-state index contributed by atoms with van der Waals surface area (Å²) in [6.45, 7) is 5.88. The number of amides is 1. The topological polar surface area (TPSA) is 29.5 Å². The van der Waals surface area contributed by atoms with Crippen molar-refractivity contribution in [3.8, 4) is 0 Å². The van der Waals surface area contributed by atoms with Crippen molar-refractivity contribution < 1.29 is 9.53 Å². The number of hydrogen-bond acceptors (Lipinski definition) is 2. The Morgan fingerprint density at radius 3 is 2.87 bits per heavy atom. The van der Waals surface area contributed by atoms with Gasteiger partial charge < -0.3 is 9.64 Å². The van der Waals surface area contributed by atoms with Gasteiger partial charge in [-0.05, 0) is 24.7 Å². The van der Waals surface area contributed by atoms with Crippen LogP contribution in [0.25, 0.3) is 0 Å². The van der Waals surface area contributed by atoms with Crippen molar-refractivity contribution in [1.82, 2.24) is 4.90 Å². The lowest BCUT2D eigenvalue weighted by Gasteiger charge is -2.45. The van der Waals surface area contributed by atoms with Crippen LogP contribution in [0.4, 0.5) is 0 Å². The molecule has 0 bridgehead atoms. The van der Waals surface area contributed by atoms with E-state index in [-0.39, 0.29) is 5.92 Å². The van der Waals surface area contributed by atoms with E-state index in [0.29, 0.717) is 30.4 Å². The molecule has 2 fully saturated rings. The van der Waals surface area contributed by atoms with Gasteiger partial charge in [0.1, 0.15) is 0 Å². The van der Waals surface area contributed by atoms with Crippen LogP contribution in [0.3, 0.4) is 0 Å². The van der Waals surface area contributed by atoms with Crippen LogP contribution in [0.15, 0.2) is 0 Å². The van der Waals surface area contributed by atoms with Gasteiger partial charge in [0.05, 0.1) is 12.5 Å². The van der Waals surface area contributed by atoms with Crippen LogP contribution < -0.4 is 0 Å². The standard InChI is InChI=1S/C12H21NO2/c1-8(2)11-6-9-4-5-15-7-10(9)12(14)13(11)3/h8-11H,4-7H2,1-3H3. The summed E-state index contributed by atoms with van der Waals surface area (Å²) in [5.74, 6) is 1.56. The van der Waals surface area contributed by atoms with Crippen LogP contribution in [0, 0.1) is 17.8 Å². The molecule has 2 aliphatic heterocycles. The zero-order valence-electron chi connectivity index (χ0n) is 9.90. The summed E-state index contributed by atoms with van der Waals surface area (Å²) in [6, 6.07) is 0.428. The molecule has 3 heteroatoms. The number of fused-ring (bicyclic) bond motifs is 1. The van der Waals surface area contributed by atoms with Gasteiger partial charge in [0, 0.05) is 19.7 Å². The molecule has 15 heavy (non-hydrogen) atoms. The third-order valence-corrected chi connectivity index (χ3v) is 3.98. The van der Waals surface area contributed by atoms with Crippen LogP contribution in [0.2, 0.25) is 0 Å². The number of rotatable bonds is 1. The molecule has 3 nitrogen and oxygen atoms in total. The third kappa shape index (κ3) is 1.89. The Kier molecular flexibility index (Phi) is 3.01. The normalized spacial score (nSPS) is 36.9. The van der Waals surface area contributed by atoms with Gasteiger partial charge >= 0.3 is 0 Å². The molecular formula is C12H21NO2. The summed E-state index contributed by atoms with van der Waals surface area (Å²) >= 11 is 0. The van der Waals surface area contributed by atoms with Gasteiger partial charge in [-0.25, -0.2) is 0 Å². The molecule has 0 radical (unpaired) electrons. The minimum absolute atomic E-state index is 0.138. The molecule has 0 aliphatic carbocycles. The molecule has 2 aliphatic rings. The Balaban J connectivity index is 2.13. The minimum atomic E-state index is 0.138. The summed E-state index contributed by atoms with van der Waals surface area (Å²) in [5.41, 5.74) is 0. The van der Waals surface area contributed by atoms with Crippen molar-refractivity contribution in [1.29, 1.82) is 0 Å². The molecular weight excluding hydrogens is 190 g/mol. The molecule has 3 atom stereocenters. The average molecular weight is 211 g/mol. The highest BCUT2D eigenvalue weighted by molar-refractivity contribution is 5.80. The highest BCUT2D eigenvalue weighted by Crippen LogP contribution is 2.35. The Morgan fingerprint density at radius 1 is 1.47 bits per heavy atom. The zero-order chi connectivity index (χ0) is 11.0. The Labute approximate surface area is 91.8 Å². The summed E-state index contributed by atoms with van der Waals surface area (Å²) in [6.07, 6.45) is 2.22. The van der Waals surface area contributed by atoms with E-state index in [1.165, 1.54) is 0 Å². The van der Waals surface area contributed by atoms with Crippen molar-refractivity contribution in [3.63, 3.8) is 0 Å². The Hall–Kier alpha value is -0.570. The number of carbonyl (C=O) groups excluding carboxylic acids is 1. The zero-order valence-corrected chi connectivity index (χ0v) is 9.90. The first kappa shape index (κ1) is 10.9. The van der Waals surface area contributed by atoms with Gasteiger partial charge in [-0.1, -0.05) is 13.8 Å². The number of nitrogens with zero attached hydrogens (tertiary/aromatic N) is 1. The Morgan fingerprint density at radius 2 is 2.20 bits per heavy atom. The van der Waals surface area contributed by atoms with E-state index in [4.69, 9.17) is 4.74 Å². The van der Waals surface area contributed by atoms with Crippen LogP contribution in [-0.4, -0.2) is 37.1 Å². The molecule has 2 saturated heterocycles. The summed E-state index contributed by atoms with van der Waals surface area (Å²) in [4.78, 5) is 14.1. The second-order valence-electron chi connectivity index (χ2n) is 5.23. The Bertz CT molecular complexity index is 252. The van der Waals surface area contributed by atoms with Crippen molar-refractivity contribution >= 4 is 5.91 Å². The van der Waals surface area contributed by atoms with E-state index in [1.54, 1.807) is 0 Å². The minimum Gasteiger partial charge on any atom is -0.381 e. The van der Waals surface area contributed by atoms with Gasteiger partial charge in [0.15, 0.2) is 0 Å². The second kappa shape index (κ2) is 4.12. The molecule has 0 aromatic heterocycles. The summed E-state index contributed by atoms with van der Waals surface area (Å²) in [5, 5.41) is 0. The fourth-order valence-electron chi connectivity index (χ4n) is 2.95. The highest BCUT2D eigenvalue weighted by atomic mass is 16.5. The van der Waals surface area contributed by atoms with Crippen LogP contribution in [0.5, 0.6) is 0 Å². The van der Waals surface area contributed by atoms with Crippen LogP contribution in [-0.2, 0) is 9.53 Å². The third-order valence-electron chi connectivity index (χ3n) is 3.98. The van der Waals surface area contributed by atoms with Crippen molar-refractivity contribution in [2.24, 2.45) is 17.8 Å². The number of hydrogen-bond donors (Lipinski definition) is 0. The van der Waals surface area contributed by atoms with Gasteiger partial charge in [-0.15, -0.1) is 0 Å². The lowest BCUT2D eigenvalue weighted by atomic mass is 9.76. The average Bonchev–Trinajstić information content (AvgIpc) is 2.23. The van der Waals surface area contributed by atoms with Crippen LogP contribution >= 0.6 is 0 Å². The monoisotopic (exact) mass is 211 g/mol. The quantitative estimate of drug-likeness (QED) is 0.658. The molecule has 0 saturated carbocycles. The van der Waals surface area contributed by atoms with E-state index < -0.39 is 0 Å². The summed E-state index contributed by atoms with van der Waals surface area (Å²) in [7, 11) is 1.94. The predicted molar refractivity (Wildman–Crippen MR) is 58.4 cm³/mol. The van der Waals surface area contributed by atoms with Crippen molar-refractivity contribution in [3.05, 3.63) is 0 Å². The first-order chi connectivity index (χ1) is 7.11. The van der Waals surface area contributed by atoms with E-state index >= 15 is 0 Å². The number of ether oxygens (including phenoxy) is 1. The van der Waals surface area contributed by atoms with Gasteiger partial charge in [-0.2, -0.15) is 0 Å². The van der Waals surface area contributed by atoms with E-state index in [2.05, 4.69) is 13.8 Å². The van der Waals surface area contributed by atoms with E-state index in [9.17, 15) is 4.79 Å². The fraction of sp³-hybridized carbons (Fsp3) is 0.917. The fourth-order valence-corrected chi connectivity index (χ4v) is 2.95. The van der Waals surface area contributed by atoms with Gasteiger partial charge in [0.2, 0.25) is 5.91 Å². The lowest BCUT2D eigenvalue weighted by molar-refractivity contribution is -0.152. The number of likely N-dealkylation sites (tertiary alicyclic amines) is 1. The highest BCUT2D eigenvalue weighted by Gasteiger charge is 2.42. The van der Waals surface area contributed by atoms with E-state index in [0.717, 1.165) is 19.4 Å². The van der Waals surface area contributed by atoms with E-state index in [1.807, 2.05) is 11.9 Å². The first-order valence-electron chi connectivity index (χ1n) is 5.95. The second-order valence-corrected chi connectivity index (χ2v) is 5.23. The molecule has 3 unspecified atom stereocenters. The number of piperidine rings is 1. The van der Waals surface area contributed by atoms with Crippen molar-refractivity contribution in [2.45, 2.75) is 32.7 Å². The SMILES string of the molecule is CC(C)C1CC2CCOCC2C(=O)N1C. The summed E-state index contributed by atoms with van der Waals surface area (Å²) < 4.78 is 5.41. The predicted octanol–water partition coefficient (Wildman–Crippen LogP) is 1.53. The van der Waals surface area contributed by atoms with Gasteiger partial charge in [-0.3, -0.25) is 4.79 Å². The lowest BCUT2D eigenvalue weighted by Crippen LogP contribution is -2.54. The van der Waals surface area contributed by atoms with Crippen LogP contribution in [0.1, 0.15) is 26.7 Å². The largest absolute Gasteiger partial charge is 0.381 e. The maximum atomic E-state index is 12.1. The maximum absolute atomic E-state index is 12.1. The molecule has 0 N–H and O–H groups in total. The van der Waals surface area contributed by atoms with Gasteiger partial charge in [0.25, 0.3) is 0 Å². The number of carbonyl (C=O) groups is 1. The first-order valence-corrected chi connectivity index (χ1v) is 5.95. The molecule has 0 aromatic rings. The molecule has 2 rings (SSSR count). The van der Waals surface area contributed by atoms with Crippen molar-refractivity contribution in [2.75, 3.05) is 20.3 Å². The molecule has 86 valence electrons. The maximum Gasteiger partial charge on any atom is 0.228 e.